The number of nitrogens with zero attached hydrogens (tertiary/aromatic N) is 1. The van der Waals surface area contributed by atoms with Crippen LogP contribution in [0.2, 0.25) is 0 Å². The molecule has 0 heterocycles. The monoisotopic (exact) mass is 234 g/mol. The lowest BCUT2D eigenvalue weighted by atomic mass is 10.0. The summed E-state index contributed by atoms with van der Waals surface area (Å²) in [5, 5.41) is 18.6. The van der Waals surface area contributed by atoms with Crippen molar-refractivity contribution in [3.8, 4) is 6.07 Å². The topological polar surface area (TPSA) is 96.3 Å². The van der Waals surface area contributed by atoms with Gasteiger partial charge in [0.15, 0.2) is 0 Å². The molecule has 0 fully saturated rings. The van der Waals surface area contributed by atoms with Gasteiger partial charge in [-0.15, -0.1) is 0 Å². The van der Waals surface area contributed by atoms with Crippen LogP contribution >= 0.6 is 0 Å². The molecule has 2 unspecified atom stereocenters. The van der Waals surface area contributed by atoms with Gasteiger partial charge < -0.3 is 15.6 Å². The lowest BCUT2D eigenvalue weighted by Gasteiger charge is -2.17. The average molecular weight is 234 g/mol. The van der Waals surface area contributed by atoms with Crippen LogP contribution in [0, 0.1) is 11.3 Å². The molecule has 5 heteroatoms. The molecule has 0 aliphatic rings. The number of nitrogens with two attached hydrogens (primary N) is 1. The van der Waals surface area contributed by atoms with E-state index in [9.17, 15) is 9.90 Å². The standard InChI is InChI=1S/C12H14N2O3/c1-2-17-12(16)10(14)11(15)9-5-3-4-8(6-9)7-13/h3-6,10-11,15H,2,14H2,1H3. The second-order valence-corrected chi connectivity index (χ2v) is 3.46. The third-order valence-corrected chi connectivity index (χ3v) is 2.26. The minimum atomic E-state index is -1.18. The molecule has 3 N–H and O–H groups in total. The van der Waals surface area contributed by atoms with Crippen molar-refractivity contribution in [2.45, 2.75) is 19.1 Å². The second kappa shape index (κ2) is 5.99. The lowest BCUT2D eigenvalue weighted by molar-refractivity contribution is -0.147. The van der Waals surface area contributed by atoms with Crippen LogP contribution in [0.3, 0.4) is 0 Å². The van der Waals surface area contributed by atoms with Gasteiger partial charge in [0.2, 0.25) is 0 Å². The van der Waals surface area contributed by atoms with Crippen molar-refractivity contribution in [3.63, 3.8) is 0 Å². The number of aliphatic hydroxyl groups excluding tert-OH is 1. The summed E-state index contributed by atoms with van der Waals surface area (Å²) in [7, 11) is 0. The molecule has 1 aromatic carbocycles. The van der Waals surface area contributed by atoms with Gasteiger partial charge in [0.05, 0.1) is 18.2 Å². The van der Waals surface area contributed by atoms with Gasteiger partial charge in [0.1, 0.15) is 12.1 Å². The van der Waals surface area contributed by atoms with Crippen molar-refractivity contribution >= 4 is 5.97 Å². The van der Waals surface area contributed by atoms with Crippen molar-refractivity contribution in [1.29, 1.82) is 5.26 Å². The van der Waals surface area contributed by atoms with Crippen molar-refractivity contribution in [2.24, 2.45) is 5.73 Å². The summed E-state index contributed by atoms with van der Waals surface area (Å²) in [6.07, 6.45) is -1.18. The van der Waals surface area contributed by atoms with E-state index in [1.807, 2.05) is 6.07 Å². The van der Waals surface area contributed by atoms with Crippen LogP contribution in [0.1, 0.15) is 24.2 Å². The normalized spacial score (nSPS) is 13.5. The Morgan fingerprint density at radius 3 is 2.94 bits per heavy atom. The van der Waals surface area contributed by atoms with E-state index < -0.39 is 18.1 Å². The van der Waals surface area contributed by atoms with Gasteiger partial charge in [-0.2, -0.15) is 5.26 Å². The SMILES string of the molecule is CCOC(=O)C(N)C(O)c1cccc(C#N)c1. The van der Waals surface area contributed by atoms with Gasteiger partial charge in [0.25, 0.3) is 0 Å². The third-order valence-electron chi connectivity index (χ3n) is 2.26. The highest BCUT2D eigenvalue weighted by atomic mass is 16.5. The van der Waals surface area contributed by atoms with Crippen LogP contribution < -0.4 is 5.73 Å². The number of esters is 1. The number of hydrogen-bond acceptors (Lipinski definition) is 5. The maximum atomic E-state index is 11.3. The molecule has 0 aliphatic carbocycles. The third kappa shape index (κ3) is 3.28. The first-order valence-electron chi connectivity index (χ1n) is 5.20. The molecule has 0 saturated heterocycles. The highest BCUT2D eigenvalue weighted by molar-refractivity contribution is 5.76. The Kier molecular flexibility index (Phi) is 4.64. The first kappa shape index (κ1) is 13.2. The summed E-state index contributed by atoms with van der Waals surface area (Å²) in [5.41, 5.74) is 6.38. The maximum Gasteiger partial charge on any atom is 0.325 e. The van der Waals surface area contributed by atoms with E-state index in [1.54, 1.807) is 25.1 Å². The van der Waals surface area contributed by atoms with E-state index in [0.29, 0.717) is 11.1 Å². The summed E-state index contributed by atoms with van der Waals surface area (Å²) in [4.78, 5) is 11.3. The second-order valence-electron chi connectivity index (χ2n) is 3.46. The van der Waals surface area contributed by atoms with Gasteiger partial charge in [-0.1, -0.05) is 12.1 Å². The molecular weight excluding hydrogens is 220 g/mol. The van der Waals surface area contributed by atoms with Crippen molar-refractivity contribution in [3.05, 3.63) is 35.4 Å². The van der Waals surface area contributed by atoms with Crippen LogP contribution in [0.5, 0.6) is 0 Å². The lowest BCUT2D eigenvalue weighted by Crippen LogP contribution is -2.38. The number of nitriles is 1. The molecule has 2 atom stereocenters. The number of benzene rings is 1. The van der Waals surface area contributed by atoms with E-state index in [2.05, 4.69) is 0 Å². The summed E-state index contributed by atoms with van der Waals surface area (Å²) >= 11 is 0. The molecule has 0 aliphatic heterocycles. The van der Waals surface area contributed by atoms with Gasteiger partial charge in [-0.3, -0.25) is 4.79 Å². The molecule has 0 aromatic heterocycles. The maximum absolute atomic E-state index is 11.3. The van der Waals surface area contributed by atoms with Crippen LogP contribution in [0.4, 0.5) is 0 Å². The molecule has 17 heavy (non-hydrogen) atoms. The number of hydrogen-bond donors (Lipinski definition) is 2. The summed E-state index contributed by atoms with van der Waals surface area (Å²) in [6.45, 7) is 1.87. The Bertz CT molecular complexity index is 440. The largest absolute Gasteiger partial charge is 0.465 e. The van der Waals surface area contributed by atoms with Crippen LogP contribution in [-0.4, -0.2) is 23.7 Å². The van der Waals surface area contributed by atoms with E-state index in [4.69, 9.17) is 15.7 Å². The predicted octanol–water partition coefficient (Wildman–Crippen LogP) is 0.482. The molecule has 1 rings (SSSR count). The summed E-state index contributed by atoms with van der Waals surface area (Å²) in [6, 6.07) is 7.11. The smallest absolute Gasteiger partial charge is 0.325 e. The minimum Gasteiger partial charge on any atom is -0.465 e. The van der Waals surface area contributed by atoms with E-state index in [0.717, 1.165) is 0 Å². The number of carbonyl (C=O) groups excluding carboxylic acids is 1. The fraction of sp³-hybridized carbons (Fsp3) is 0.333. The molecule has 0 amide bonds. The highest BCUT2D eigenvalue weighted by Gasteiger charge is 2.25. The summed E-state index contributed by atoms with van der Waals surface area (Å²) < 4.78 is 4.71. The Labute approximate surface area is 99.4 Å². The zero-order chi connectivity index (χ0) is 12.8. The Balaban J connectivity index is 2.85. The van der Waals surface area contributed by atoms with Crippen molar-refractivity contribution in [1.82, 2.24) is 0 Å². The zero-order valence-electron chi connectivity index (χ0n) is 9.46. The Morgan fingerprint density at radius 1 is 1.65 bits per heavy atom. The average Bonchev–Trinajstić information content (AvgIpc) is 2.37. The zero-order valence-corrected chi connectivity index (χ0v) is 9.46. The molecule has 0 radical (unpaired) electrons. The van der Waals surface area contributed by atoms with Gasteiger partial charge >= 0.3 is 5.97 Å². The fourth-order valence-corrected chi connectivity index (χ4v) is 1.37. The molecule has 0 saturated carbocycles. The fourth-order valence-electron chi connectivity index (χ4n) is 1.37. The number of rotatable bonds is 4. The van der Waals surface area contributed by atoms with Gasteiger partial charge in [-0.25, -0.2) is 0 Å². The predicted molar refractivity (Wildman–Crippen MR) is 60.7 cm³/mol. The highest BCUT2D eigenvalue weighted by Crippen LogP contribution is 2.17. The van der Waals surface area contributed by atoms with Crippen molar-refractivity contribution < 1.29 is 14.6 Å². The quantitative estimate of drug-likeness (QED) is 0.739. The minimum absolute atomic E-state index is 0.206. The first-order valence-corrected chi connectivity index (χ1v) is 5.20. The van der Waals surface area contributed by atoms with Crippen LogP contribution in [0.15, 0.2) is 24.3 Å². The van der Waals surface area contributed by atoms with Gasteiger partial charge in [0, 0.05) is 0 Å². The number of ether oxygens (including phenoxy) is 1. The number of aliphatic hydroxyl groups is 1. The van der Waals surface area contributed by atoms with E-state index in [1.165, 1.54) is 6.07 Å². The van der Waals surface area contributed by atoms with Crippen LogP contribution in [0.25, 0.3) is 0 Å². The molecule has 0 spiro atoms. The molecular formula is C12H14N2O3. The molecule has 0 bridgehead atoms. The molecule has 5 nitrogen and oxygen atoms in total. The Hall–Kier alpha value is -1.90. The van der Waals surface area contributed by atoms with Crippen LogP contribution in [-0.2, 0) is 9.53 Å². The molecule has 90 valence electrons. The van der Waals surface area contributed by atoms with Gasteiger partial charge in [-0.05, 0) is 24.6 Å². The first-order chi connectivity index (χ1) is 8.10. The van der Waals surface area contributed by atoms with E-state index >= 15 is 0 Å². The number of carbonyl (C=O) groups is 1. The summed E-state index contributed by atoms with van der Waals surface area (Å²) in [5.74, 6) is -0.664. The van der Waals surface area contributed by atoms with Crippen molar-refractivity contribution in [2.75, 3.05) is 6.61 Å². The van der Waals surface area contributed by atoms with E-state index in [-0.39, 0.29) is 6.61 Å². The molecule has 1 aromatic rings. The Morgan fingerprint density at radius 2 is 2.35 bits per heavy atom.